The highest BCUT2D eigenvalue weighted by molar-refractivity contribution is 7.89. The van der Waals surface area contributed by atoms with Gasteiger partial charge in [-0.1, -0.05) is 12.1 Å². The minimum Gasteiger partial charge on any atom is -0.323 e. The van der Waals surface area contributed by atoms with Crippen molar-refractivity contribution in [3.05, 3.63) is 65.7 Å². The number of halogens is 3. The first-order valence-corrected chi connectivity index (χ1v) is 10.9. The van der Waals surface area contributed by atoms with Crippen LogP contribution in [0.5, 0.6) is 0 Å². The molecule has 2 aromatic rings. The molecule has 0 aromatic heterocycles. The van der Waals surface area contributed by atoms with Gasteiger partial charge in [0.05, 0.1) is 10.5 Å². The van der Waals surface area contributed by atoms with E-state index in [-0.39, 0.29) is 4.90 Å². The highest BCUT2D eigenvalue weighted by atomic mass is 32.2. The Labute approximate surface area is 179 Å². The summed E-state index contributed by atoms with van der Waals surface area (Å²) in [6.45, 7) is 2.18. The Balaban J connectivity index is 1.60. The van der Waals surface area contributed by atoms with E-state index >= 15 is 0 Å². The average molecular weight is 453 g/mol. The highest BCUT2D eigenvalue weighted by Crippen LogP contribution is 2.29. The van der Waals surface area contributed by atoms with E-state index < -0.39 is 27.7 Å². The van der Waals surface area contributed by atoms with E-state index in [0.29, 0.717) is 37.4 Å². The summed E-state index contributed by atoms with van der Waals surface area (Å²) in [5.74, 6) is -0.491. The fraction of sp³-hybridized carbons (Fsp3) is 0.286. The first kappa shape index (κ1) is 23.0. The molecule has 0 saturated carbocycles. The SMILES string of the molecule is CN1CCN(S(=O)(=O)c2ccc(NC(=O)/C=C/c3ccc(C(F)(F)F)cc3)cc2)CC1. The van der Waals surface area contributed by atoms with Crippen molar-refractivity contribution < 1.29 is 26.4 Å². The number of carbonyl (C=O) groups excluding carboxylic acids is 1. The zero-order valence-corrected chi connectivity index (χ0v) is 17.6. The van der Waals surface area contributed by atoms with E-state index in [1.807, 2.05) is 7.05 Å². The van der Waals surface area contributed by atoms with Crippen molar-refractivity contribution in [1.82, 2.24) is 9.21 Å². The molecule has 3 rings (SSSR count). The third-order valence-corrected chi connectivity index (χ3v) is 6.80. The number of likely N-dealkylation sites (N-methyl/N-ethyl adjacent to an activating group) is 1. The fourth-order valence-corrected chi connectivity index (χ4v) is 4.45. The molecule has 6 nitrogen and oxygen atoms in total. The summed E-state index contributed by atoms with van der Waals surface area (Å²) in [7, 11) is -1.65. The van der Waals surface area contributed by atoms with E-state index in [1.165, 1.54) is 52.9 Å². The number of hydrogen-bond donors (Lipinski definition) is 1. The van der Waals surface area contributed by atoms with Gasteiger partial charge < -0.3 is 10.2 Å². The number of nitrogens with zero attached hydrogens (tertiary/aromatic N) is 2. The first-order chi connectivity index (χ1) is 14.6. The third-order valence-electron chi connectivity index (χ3n) is 4.89. The zero-order valence-electron chi connectivity index (χ0n) is 16.8. The maximum Gasteiger partial charge on any atom is 0.416 e. The molecule has 0 aliphatic carbocycles. The van der Waals surface area contributed by atoms with Crippen molar-refractivity contribution in [1.29, 1.82) is 0 Å². The second-order valence-corrected chi connectivity index (χ2v) is 9.11. The van der Waals surface area contributed by atoms with Gasteiger partial charge in [-0.2, -0.15) is 17.5 Å². The highest BCUT2D eigenvalue weighted by Gasteiger charge is 2.30. The Hall–Kier alpha value is -2.69. The molecule has 166 valence electrons. The zero-order chi connectivity index (χ0) is 22.6. The van der Waals surface area contributed by atoms with Gasteiger partial charge in [-0.15, -0.1) is 0 Å². The predicted molar refractivity (Wildman–Crippen MR) is 112 cm³/mol. The Morgan fingerprint density at radius 3 is 2.10 bits per heavy atom. The van der Waals surface area contributed by atoms with E-state index in [1.54, 1.807) is 0 Å². The second-order valence-electron chi connectivity index (χ2n) is 7.17. The molecule has 0 radical (unpaired) electrons. The largest absolute Gasteiger partial charge is 0.416 e. The van der Waals surface area contributed by atoms with Gasteiger partial charge in [0.1, 0.15) is 0 Å². The summed E-state index contributed by atoms with van der Waals surface area (Å²) in [5, 5.41) is 2.59. The van der Waals surface area contributed by atoms with E-state index in [0.717, 1.165) is 12.1 Å². The molecule has 0 atom stereocenters. The number of sulfonamides is 1. The molecule has 0 bridgehead atoms. The van der Waals surface area contributed by atoms with Gasteiger partial charge in [0.25, 0.3) is 0 Å². The molecular formula is C21H22F3N3O3S. The normalized spacial score (nSPS) is 16.5. The van der Waals surface area contributed by atoms with Crippen molar-refractivity contribution >= 4 is 27.7 Å². The minimum absolute atomic E-state index is 0.148. The topological polar surface area (TPSA) is 69.7 Å². The molecule has 1 fully saturated rings. The van der Waals surface area contributed by atoms with Gasteiger partial charge in [-0.3, -0.25) is 4.79 Å². The molecule has 1 aliphatic heterocycles. The summed E-state index contributed by atoms with van der Waals surface area (Å²) in [4.78, 5) is 14.3. The number of piperazine rings is 1. The summed E-state index contributed by atoms with van der Waals surface area (Å²) >= 11 is 0. The Bertz CT molecular complexity index is 1040. The summed E-state index contributed by atoms with van der Waals surface area (Å²) in [5.41, 5.74) is 0.0804. The standard InChI is InChI=1S/C21H22F3N3O3S/c1-26-12-14-27(15-13-26)31(29,30)19-9-7-18(8-10-19)25-20(28)11-4-16-2-5-17(6-3-16)21(22,23)24/h2-11H,12-15H2,1H3,(H,25,28)/b11-4+. The smallest absolute Gasteiger partial charge is 0.323 e. The first-order valence-electron chi connectivity index (χ1n) is 9.51. The van der Waals surface area contributed by atoms with Crippen LogP contribution in [-0.4, -0.2) is 56.8 Å². The predicted octanol–water partition coefficient (Wildman–Crippen LogP) is 3.29. The lowest BCUT2D eigenvalue weighted by Gasteiger charge is -2.31. The Morgan fingerprint density at radius 1 is 0.968 bits per heavy atom. The van der Waals surface area contributed by atoms with Crippen LogP contribution in [0.4, 0.5) is 18.9 Å². The lowest BCUT2D eigenvalue weighted by molar-refractivity contribution is -0.137. The lowest BCUT2D eigenvalue weighted by Crippen LogP contribution is -2.46. The summed E-state index contributed by atoms with van der Waals surface area (Å²) < 4.78 is 64.6. The van der Waals surface area contributed by atoms with Gasteiger partial charge in [0.15, 0.2) is 0 Å². The van der Waals surface area contributed by atoms with Gasteiger partial charge in [-0.25, -0.2) is 8.42 Å². The van der Waals surface area contributed by atoms with Crippen molar-refractivity contribution in [3.63, 3.8) is 0 Å². The quantitative estimate of drug-likeness (QED) is 0.706. The second kappa shape index (κ2) is 9.21. The fourth-order valence-electron chi connectivity index (χ4n) is 3.03. The number of anilines is 1. The van der Waals surface area contributed by atoms with Crippen LogP contribution in [0.3, 0.4) is 0 Å². The van der Waals surface area contributed by atoms with E-state index in [9.17, 15) is 26.4 Å². The van der Waals surface area contributed by atoms with Crippen LogP contribution in [0.25, 0.3) is 6.08 Å². The monoisotopic (exact) mass is 453 g/mol. The van der Waals surface area contributed by atoms with Crippen molar-refractivity contribution in [2.75, 3.05) is 38.5 Å². The van der Waals surface area contributed by atoms with Gasteiger partial charge in [0, 0.05) is 37.9 Å². The van der Waals surface area contributed by atoms with E-state index in [4.69, 9.17) is 0 Å². The Kier molecular flexibility index (Phi) is 6.83. The Morgan fingerprint density at radius 2 is 1.55 bits per heavy atom. The molecule has 10 heteroatoms. The lowest BCUT2D eigenvalue weighted by atomic mass is 10.1. The van der Waals surface area contributed by atoms with Crippen molar-refractivity contribution in [2.24, 2.45) is 0 Å². The van der Waals surface area contributed by atoms with Gasteiger partial charge >= 0.3 is 6.18 Å². The molecule has 1 heterocycles. The van der Waals surface area contributed by atoms with Crippen LogP contribution in [0.15, 0.2) is 59.5 Å². The minimum atomic E-state index is -4.41. The maximum absolute atomic E-state index is 12.7. The van der Waals surface area contributed by atoms with Gasteiger partial charge in [0.2, 0.25) is 15.9 Å². The number of benzene rings is 2. The number of amides is 1. The van der Waals surface area contributed by atoms with Gasteiger partial charge in [-0.05, 0) is 55.1 Å². The molecule has 2 aromatic carbocycles. The molecule has 0 spiro atoms. The number of carbonyl (C=O) groups is 1. The number of alkyl halides is 3. The molecule has 1 saturated heterocycles. The molecular weight excluding hydrogens is 431 g/mol. The maximum atomic E-state index is 12.7. The number of hydrogen-bond acceptors (Lipinski definition) is 4. The summed E-state index contributed by atoms with van der Waals surface area (Å²) in [6, 6.07) is 10.3. The average Bonchev–Trinajstić information content (AvgIpc) is 2.73. The number of nitrogens with one attached hydrogen (secondary N) is 1. The van der Waals surface area contributed by atoms with Crippen molar-refractivity contribution in [2.45, 2.75) is 11.1 Å². The molecule has 1 aliphatic rings. The third kappa shape index (κ3) is 5.93. The number of rotatable bonds is 5. The molecule has 1 N–H and O–H groups in total. The van der Waals surface area contributed by atoms with Crippen LogP contribution in [0, 0.1) is 0 Å². The van der Waals surface area contributed by atoms with Crippen LogP contribution in [0.2, 0.25) is 0 Å². The summed E-state index contributed by atoms with van der Waals surface area (Å²) in [6.07, 6.45) is -1.83. The molecule has 31 heavy (non-hydrogen) atoms. The van der Waals surface area contributed by atoms with E-state index in [2.05, 4.69) is 10.2 Å². The molecule has 0 unspecified atom stereocenters. The van der Waals surface area contributed by atoms with Crippen LogP contribution >= 0.6 is 0 Å². The molecule has 1 amide bonds. The van der Waals surface area contributed by atoms with Crippen LogP contribution < -0.4 is 5.32 Å². The van der Waals surface area contributed by atoms with Crippen LogP contribution in [-0.2, 0) is 21.0 Å². The van der Waals surface area contributed by atoms with Crippen LogP contribution in [0.1, 0.15) is 11.1 Å². The van der Waals surface area contributed by atoms with Crippen molar-refractivity contribution in [3.8, 4) is 0 Å².